The number of hydrogen-bond acceptors (Lipinski definition) is 1. The summed E-state index contributed by atoms with van der Waals surface area (Å²) in [6, 6.07) is 7.30. The van der Waals surface area contributed by atoms with Gasteiger partial charge >= 0.3 is 62.0 Å². The van der Waals surface area contributed by atoms with E-state index in [2.05, 4.69) is 16.0 Å². The summed E-state index contributed by atoms with van der Waals surface area (Å²) in [5.41, 5.74) is 0.956. The molecule has 2 heteroatoms. The summed E-state index contributed by atoms with van der Waals surface area (Å²) < 4.78 is 0. The maximum absolute atomic E-state index is 9.09. The first-order valence-electron chi connectivity index (χ1n) is 2.69. The van der Waals surface area contributed by atoms with Crippen LogP contribution in [0.4, 0.5) is 0 Å². The second-order valence-corrected chi connectivity index (χ2v) is 2.38. The average Bonchev–Trinajstić information content (AvgIpc) is 1.89. The van der Waals surface area contributed by atoms with Gasteiger partial charge in [-0.1, -0.05) is 0 Å². The van der Waals surface area contributed by atoms with Gasteiger partial charge in [0, 0.05) is 0 Å². The molecule has 0 aliphatic heterocycles. The molecule has 0 atom stereocenters. The Morgan fingerprint density at radius 2 is 2.00 bits per heavy atom. The van der Waals surface area contributed by atoms with Crippen LogP contribution in [0.3, 0.4) is 0 Å². The van der Waals surface area contributed by atoms with Crippen LogP contribution in [0.15, 0.2) is 24.3 Å². The Kier molecular flexibility index (Phi) is 2.15. The quantitative estimate of drug-likeness (QED) is 0.650. The van der Waals surface area contributed by atoms with Gasteiger partial charge in [0.15, 0.2) is 0 Å². The molecule has 47 valence electrons. The van der Waals surface area contributed by atoms with Crippen LogP contribution < -0.4 is 0 Å². The number of phenolic OH excluding ortho intramolecular Hbond substituents is 1. The summed E-state index contributed by atoms with van der Waals surface area (Å²) in [6.07, 6.45) is 0. The van der Waals surface area contributed by atoms with Gasteiger partial charge < -0.3 is 0 Å². The third-order valence-corrected chi connectivity index (χ3v) is 1.80. The molecule has 0 fully saturated rings. The Balaban J connectivity index is 3.01. The second-order valence-electron chi connectivity index (χ2n) is 1.77. The molecule has 0 spiro atoms. The van der Waals surface area contributed by atoms with Crippen molar-refractivity contribution in [2.24, 2.45) is 0 Å². The monoisotopic (exact) mass is 187 g/mol. The Hall–Kier alpha value is -0.461. The van der Waals surface area contributed by atoms with Gasteiger partial charge in [-0.05, 0) is 0 Å². The van der Waals surface area contributed by atoms with E-state index in [1.807, 2.05) is 18.2 Å². The van der Waals surface area contributed by atoms with Crippen LogP contribution >= 0.6 is 0 Å². The fourth-order valence-electron chi connectivity index (χ4n) is 0.633. The molecule has 9 heavy (non-hydrogen) atoms. The van der Waals surface area contributed by atoms with Crippen molar-refractivity contribution >= 4 is 16.0 Å². The fourth-order valence-corrected chi connectivity index (χ4v) is 1.15. The van der Waals surface area contributed by atoms with Crippen molar-refractivity contribution in [2.45, 2.75) is 5.32 Å². The maximum atomic E-state index is 9.09. The number of aromatic hydroxyl groups is 1. The molecule has 0 saturated carbocycles. The number of phenols is 1. The number of rotatable bonds is 1. The first-order chi connectivity index (χ1) is 4.34. The summed E-state index contributed by atoms with van der Waals surface area (Å²) >= 11 is 2.84. The standard InChI is InChI=1S/C7H7OSe/c8-7-4-2-1-3-6(7)5-9/h1-4,8H,5H2. The van der Waals surface area contributed by atoms with E-state index in [9.17, 15) is 0 Å². The van der Waals surface area contributed by atoms with Crippen molar-refractivity contribution in [1.29, 1.82) is 0 Å². The molecule has 1 aromatic carbocycles. The molecule has 0 aromatic heterocycles. The molecular formula is C7H7OSe. The van der Waals surface area contributed by atoms with Crippen LogP contribution in [0.1, 0.15) is 5.56 Å². The van der Waals surface area contributed by atoms with Gasteiger partial charge in [0.1, 0.15) is 0 Å². The van der Waals surface area contributed by atoms with E-state index in [4.69, 9.17) is 5.11 Å². The van der Waals surface area contributed by atoms with Gasteiger partial charge in [0.2, 0.25) is 0 Å². The minimum atomic E-state index is 0.372. The first kappa shape index (κ1) is 6.66. The molecule has 0 bridgehead atoms. The van der Waals surface area contributed by atoms with E-state index in [1.54, 1.807) is 6.07 Å². The SMILES string of the molecule is Oc1ccccc1C[Se]. The molecule has 0 amide bonds. The van der Waals surface area contributed by atoms with Crippen LogP contribution in [0.25, 0.3) is 0 Å². The van der Waals surface area contributed by atoms with Crippen molar-refractivity contribution in [1.82, 2.24) is 0 Å². The molecule has 1 radical (unpaired) electrons. The zero-order valence-corrected chi connectivity index (χ0v) is 6.59. The molecule has 1 aromatic rings. The molecule has 0 aliphatic rings. The van der Waals surface area contributed by atoms with Gasteiger partial charge in [-0.25, -0.2) is 0 Å². The van der Waals surface area contributed by atoms with E-state index >= 15 is 0 Å². The van der Waals surface area contributed by atoms with Crippen molar-refractivity contribution in [3.63, 3.8) is 0 Å². The van der Waals surface area contributed by atoms with Gasteiger partial charge in [0.05, 0.1) is 0 Å². The summed E-state index contributed by atoms with van der Waals surface area (Å²) in [5, 5.41) is 9.86. The van der Waals surface area contributed by atoms with E-state index in [-0.39, 0.29) is 0 Å². The zero-order chi connectivity index (χ0) is 6.69. The van der Waals surface area contributed by atoms with Crippen molar-refractivity contribution in [3.8, 4) is 5.75 Å². The Morgan fingerprint density at radius 1 is 1.33 bits per heavy atom. The summed E-state index contributed by atoms with van der Waals surface area (Å²) in [7, 11) is 0. The van der Waals surface area contributed by atoms with Crippen LogP contribution in [0.2, 0.25) is 0 Å². The molecule has 0 unspecified atom stereocenters. The number of hydrogen-bond donors (Lipinski definition) is 1. The summed E-state index contributed by atoms with van der Waals surface area (Å²) in [6.45, 7) is 0. The van der Waals surface area contributed by atoms with E-state index in [0.29, 0.717) is 5.75 Å². The van der Waals surface area contributed by atoms with Crippen LogP contribution in [0.5, 0.6) is 5.75 Å². The Morgan fingerprint density at radius 3 is 2.44 bits per heavy atom. The Labute approximate surface area is 62.5 Å². The zero-order valence-electron chi connectivity index (χ0n) is 4.87. The van der Waals surface area contributed by atoms with Crippen LogP contribution in [0, 0.1) is 0 Å². The molecule has 1 rings (SSSR count). The summed E-state index contributed by atoms with van der Waals surface area (Å²) in [5.74, 6) is 0.372. The molecule has 0 heterocycles. The number of para-hydroxylation sites is 1. The van der Waals surface area contributed by atoms with Crippen molar-refractivity contribution in [3.05, 3.63) is 29.8 Å². The van der Waals surface area contributed by atoms with Gasteiger partial charge in [-0.2, -0.15) is 0 Å². The van der Waals surface area contributed by atoms with E-state index in [0.717, 1.165) is 10.9 Å². The third kappa shape index (κ3) is 1.47. The predicted octanol–water partition coefficient (Wildman–Crippen LogP) is 1.06. The van der Waals surface area contributed by atoms with Crippen LogP contribution in [-0.4, -0.2) is 21.1 Å². The topological polar surface area (TPSA) is 20.2 Å². The van der Waals surface area contributed by atoms with Gasteiger partial charge in [0.25, 0.3) is 0 Å². The van der Waals surface area contributed by atoms with Crippen molar-refractivity contribution < 1.29 is 5.11 Å². The van der Waals surface area contributed by atoms with Gasteiger partial charge in [-0.3, -0.25) is 0 Å². The van der Waals surface area contributed by atoms with Crippen molar-refractivity contribution in [2.75, 3.05) is 0 Å². The number of benzene rings is 1. The summed E-state index contributed by atoms with van der Waals surface area (Å²) in [4.78, 5) is 0. The minimum absolute atomic E-state index is 0.372. The predicted molar refractivity (Wildman–Crippen MR) is 37.6 cm³/mol. The van der Waals surface area contributed by atoms with Gasteiger partial charge in [-0.15, -0.1) is 0 Å². The molecular weight excluding hydrogens is 179 g/mol. The molecule has 1 nitrogen and oxygen atoms in total. The van der Waals surface area contributed by atoms with E-state index in [1.165, 1.54) is 0 Å². The molecule has 1 N–H and O–H groups in total. The first-order valence-corrected chi connectivity index (χ1v) is 3.90. The third-order valence-electron chi connectivity index (χ3n) is 1.15. The second kappa shape index (κ2) is 2.90. The fraction of sp³-hybridized carbons (Fsp3) is 0.143. The molecule has 0 aliphatic carbocycles. The molecule has 0 saturated heterocycles. The van der Waals surface area contributed by atoms with E-state index < -0.39 is 0 Å². The normalized spacial score (nSPS) is 9.44. The Bertz CT molecular complexity index is 198. The average molecular weight is 186 g/mol. The van der Waals surface area contributed by atoms with Crippen LogP contribution in [-0.2, 0) is 5.32 Å².